The highest BCUT2D eigenvalue weighted by atomic mass is 19.1. The number of rotatable bonds is 5. The van der Waals surface area contributed by atoms with E-state index in [2.05, 4.69) is 20.5 Å². The van der Waals surface area contributed by atoms with Crippen LogP contribution in [0, 0.1) is 0 Å². The maximum atomic E-state index is 15.5. The number of alkyl halides is 1. The van der Waals surface area contributed by atoms with Crippen molar-refractivity contribution in [3.63, 3.8) is 0 Å². The predicted octanol–water partition coefficient (Wildman–Crippen LogP) is 2.72. The molecule has 0 amide bonds. The minimum atomic E-state index is -1.06. The third-order valence-electron chi connectivity index (χ3n) is 6.90. The summed E-state index contributed by atoms with van der Waals surface area (Å²) in [5.41, 5.74) is 1.31. The van der Waals surface area contributed by atoms with Crippen LogP contribution in [0.5, 0.6) is 5.75 Å². The molecule has 1 aromatic carbocycles. The smallest absolute Gasteiger partial charge is 0.151 e. The Balaban J connectivity index is 1.36. The number of halogens is 1. The fourth-order valence-electron chi connectivity index (χ4n) is 5.08. The van der Waals surface area contributed by atoms with Gasteiger partial charge in [0.25, 0.3) is 0 Å². The van der Waals surface area contributed by atoms with Gasteiger partial charge in [0.2, 0.25) is 0 Å². The molecule has 168 valence electrons. The molecule has 5 atom stereocenters. The lowest BCUT2D eigenvalue weighted by atomic mass is 9.86. The molecule has 8 nitrogen and oxygen atoms in total. The van der Waals surface area contributed by atoms with E-state index >= 15 is 4.39 Å². The number of hydrogen-bond acceptors (Lipinski definition) is 7. The molecule has 0 saturated carbocycles. The average molecular weight is 439 g/mol. The van der Waals surface area contributed by atoms with Gasteiger partial charge in [-0.2, -0.15) is 0 Å². The van der Waals surface area contributed by atoms with Gasteiger partial charge in [0, 0.05) is 44.2 Å². The Kier molecular flexibility index (Phi) is 5.10. The van der Waals surface area contributed by atoms with Crippen molar-refractivity contribution in [2.45, 2.75) is 49.7 Å². The number of nitrogens with zero attached hydrogens (tertiary/aromatic N) is 5. The van der Waals surface area contributed by atoms with Crippen LogP contribution in [0.3, 0.4) is 0 Å². The Labute approximate surface area is 186 Å². The molecule has 4 heterocycles. The van der Waals surface area contributed by atoms with Crippen molar-refractivity contribution in [3.8, 4) is 22.7 Å². The number of fused-ring (bicyclic) bond motifs is 2. The highest BCUT2D eigenvalue weighted by Gasteiger charge is 2.55. The highest BCUT2D eigenvalue weighted by molar-refractivity contribution is 5.69. The number of methoxy groups -OCH3 is 1. The summed E-state index contributed by atoms with van der Waals surface area (Å²) in [7, 11) is 3.54. The summed E-state index contributed by atoms with van der Waals surface area (Å²) in [5, 5.41) is 22.6. The minimum absolute atomic E-state index is 0.0124. The van der Waals surface area contributed by atoms with E-state index in [1.165, 1.54) is 0 Å². The number of nitrogens with one attached hydrogen (secondary N) is 1. The molecule has 2 saturated heterocycles. The number of piperidine rings is 1. The SMILES string of the molecule is CO[C@@H]1C[C@]2(C)NC1C[C@@H](N(C)c1ccc(-c3ccc(-n4ccnc4)cc3O)nn1)[C@@H]2F. The third kappa shape index (κ3) is 3.41. The quantitative estimate of drug-likeness (QED) is 0.633. The van der Waals surface area contributed by atoms with Crippen LogP contribution in [-0.4, -0.2) is 68.9 Å². The zero-order chi connectivity index (χ0) is 22.5. The molecule has 9 heteroatoms. The number of ether oxygens (including phenoxy) is 1. The largest absolute Gasteiger partial charge is 0.507 e. The van der Waals surface area contributed by atoms with Gasteiger partial charge in [0.15, 0.2) is 5.82 Å². The van der Waals surface area contributed by atoms with Crippen molar-refractivity contribution >= 4 is 5.82 Å². The minimum Gasteiger partial charge on any atom is -0.507 e. The first-order chi connectivity index (χ1) is 15.4. The maximum Gasteiger partial charge on any atom is 0.151 e. The number of benzene rings is 1. The van der Waals surface area contributed by atoms with E-state index in [9.17, 15) is 5.11 Å². The average Bonchev–Trinajstić information content (AvgIpc) is 3.43. The van der Waals surface area contributed by atoms with Crippen molar-refractivity contribution in [3.05, 3.63) is 49.1 Å². The second-order valence-electron chi connectivity index (χ2n) is 8.91. The van der Waals surface area contributed by atoms with Gasteiger partial charge in [-0.25, -0.2) is 9.37 Å². The van der Waals surface area contributed by atoms with Crippen molar-refractivity contribution in [1.82, 2.24) is 25.1 Å². The Bertz CT molecular complexity index is 1090. The van der Waals surface area contributed by atoms with E-state index in [4.69, 9.17) is 4.74 Å². The van der Waals surface area contributed by atoms with Gasteiger partial charge in [-0.3, -0.25) is 0 Å². The van der Waals surface area contributed by atoms with E-state index in [1.54, 1.807) is 48.6 Å². The van der Waals surface area contributed by atoms with Crippen molar-refractivity contribution in [1.29, 1.82) is 0 Å². The lowest BCUT2D eigenvalue weighted by molar-refractivity contribution is 0.0871. The van der Waals surface area contributed by atoms with E-state index in [0.717, 1.165) is 5.69 Å². The standard InChI is InChI=1S/C23H27FN6O2/c1-23-12-20(32-3)17(26-23)11-18(22(23)24)29(2)21-7-6-16(27-28-21)15-5-4-14(10-19(15)31)30-9-8-25-13-30/h4-10,13,17-18,20,22,26,31H,11-12H2,1-3H3/t17?,18-,20-,22+,23+/m1/s1. The van der Waals surface area contributed by atoms with Crippen molar-refractivity contribution in [2.75, 3.05) is 19.1 Å². The van der Waals surface area contributed by atoms with Crippen LogP contribution in [0.2, 0.25) is 0 Å². The molecule has 5 rings (SSSR count). The monoisotopic (exact) mass is 438 g/mol. The van der Waals surface area contributed by atoms with E-state index < -0.39 is 11.7 Å². The molecule has 32 heavy (non-hydrogen) atoms. The molecule has 0 radical (unpaired) electrons. The van der Waals surface area contributed by atoms with Gasteiger partial charge >= 0.3 is 0 Å². The molecule has 2 aliphatic rings. The first-order valence-electron chi connectivity index (χ1n) is 10.7. The van der Waals surface area contributed by atoms with E-state index in [-0.39, 0.29) is 23.9 Å². The van der Waals surface area contributed by atoms with E-state index in [1.807, 2.05) is 31.0 Å². The lowest BCUT2D eigenvalue weighted by Crippen LogP contribution is -2.62. The summed E-state index contributed by atoms with van der Waals surface area (Å²) in [6.07, 6.45) is 5.38. The molecule has 0 aliphatic carbocycles. The van der Waals surface area contributed by atoms with E-state index in [0.29, 0.717) is 29.9 Å². The summed E-state index contributed by atoms with van der Waals surface area (Å²) in [5.74, 6) is 0.693. The zero-order valence-corrected chi connectivity index (χ0v) is 18.3. The Morgan fingerprint density at radius 3 is 2.78 bits per heavy atom. The molecule has 2 bridgehead atoms. The Morgan fingerprint density at radius 2 is 2.12 bits per heavy atom. The van der Waals surface area contributed by atoms with Gasteiger partial charge < -0.3 is 24.6 Å². The third-order valence-corrected chi connectivity index (χ3v) is 6.90. The number of phenols is 1. The fraction of sp³-hybridized carbons (Fsp3) is 0.435. The van der Waals surface area contributed by atoms with Crippen LogP contribution in [0.15, 0.2) is 49.1 Å². The molecule has 3 aromatic rings. The predicted molar refractivity (Wildman–Crippen MR) is 119 cm³/mol. The Hall–Kier alpha value is -3.04. The van der Waals surface area contributed by atoms with Gasteiger partial charge in [0.05, 0.1) is 35.4 Å². The molecule has 0 spiro atoms. The molecular weight excluding hydrogens is 411 g/mol. The summed E-state index contributed by atoms with van der Waals surface area (Å²) < 4.78 is 22.9. The van der Waals surface area contributed by atoms with Gasteiger partial charge in [-0.15, -0.1) is 10.2 Å². The summed E-state index contributed by atoms with van der Waals surface area (Å²) in [6, 6.07) is 8.74. The molecule has 2 N–H and O–H groups in total. The Morgan fingerprint density at radius 1 is 1.28 bits per heavy atom. The maximum absolute atomic E-state index is 15.5. The lowest BCUT2D eigenvalue weighted by Gasteiger charge is -2.43. The zero-order valence-electron chi connectivity index (χ0n) is 18.3. The van der Waals surface area contributed by atoms with Crippen molar-refractivity contribution in [2.24, 2.45) is 0 Å². The number of anilines is 1. The van der Waals surface area contributed by atoms with Crippen LogP contribution in [0.4, 0.5) is 10.2 Å². The first-order valence-corrected chi connectivity index (χ1v) is 10.7. The summed E-state index contributed by atoms with van der Waals surface area (Å²) in [4.78, 5) is 5.89. The fourth-order valence-corrected chi connectivity index (χ4v) is 5.08. The summed E-state index contributed by atoms with van der Waals surface area (Å²) >= 11 is 0. The number of aromatic hydroxyl groups is 1. The summed E-state index contributed by atoms with van der Waals surface area (Å²) in [6.45, 7) is 1.93. The second-order valence-corrected chi connectivity index (χ2v) is 8.91. The van der Waals surface area contributed by atoms with Crippen LogP contribution in [-0.2, 0) is 4.74 Å². The second kappa shape index (κ2) is 7.83. The van der Waals surface area contributed by atoms with Crippen molar-refractivity contribution < 1.29 is 14.2 Å². The topological polar surface area (TPSA) is 88.3 Å². The molecule has 2 fully saturated rings. The highest BCUT2D eigenvalue weighted by Crippen LogP contribution is 2.41. The van der Waals surface area contributed by atoms with Crippen LogP contribution < -0.4 is 10.2 Å². The van der Waals surface area contributed by atoms with Gasteiger partial charge in [-0.05, 0) is 44.0 Å². The number of aromatic nitrogens is 4. The number of imidazole rings is 1. The van der Waals surface area contributed by atoms with Crippen LogP contribution in [0.1, 0.15) is 19.8 Å². The van der Waals surface area contributed by atoms with Crippen LogP contribution >= 0.6 is 0 Å². The number of hydrogen-bond donors (Lipinski definition) is 2. The number of phenolic OH excluding ortho intramolecular Hbond substituents is 1. The van der Waals surface area contributed by atoms with Gasteiger partial charge in [0.1, 0.15) is 11.9 Å². The normalized spacial score (nSPS) is 29.2. The van der Waals surface area contributed by atoms with Crippen LogP contribution in [0.25, 0.3) is 16.9 Å². The molecular formula is C23H27FN6O2. The molecule has 2 aromatic heterocycles. The molecule has 1 unspecified atom stereocenters. The first kappa shape index (κ1) is 20.8. The van der Waals surface area contributed by atoms with Gasteiger partial charge in [-0.1, -0.05) is 0 Å². The molecule has 2 aliphatic heterocycles.